The summed E-state index contributed by atoms with van der Waals surface area (Å²) in [6.07, 6.45) is -0.282. The first-order valence-corrected chi connectivity index (χ1v) is 7.33. The highest BCUT2D eigenvalue weighted by Crippen LogP contribution is 2.23. The molecule has 6 nitrogen and oxygen atoms in total. The second-order valence-electron chi connectivity index (χ2n) is 5.39. The summed E-state index contributed by atoms with van der Waals surface area (Å²) in [5.74, 6) is 0.805. The molecule has 0 bridgehead atoms. The van der Waals surface area contributed by atoms with Crippen LogP contribution < -0.4 is 10.2 Å². The van der Waals surface area contributed by atoms with Gasteiger partial charge in [0.1, 0.15) is 12.4 Å². The number of ether oxygens (including phenoxy) is 1. The van der Waals surface area contributed by atoms with Crippen LogP contribution in [0.5, 0.6) is 0 Å². The van der Waals surface area contributed by atoms with E-state index in [2.05, 4.69) is 17.4 Å². The molecule has 2 heterocycles. The van der Waals surface area contributed by atoms with Gasteiger partial charge >= 0.3 is 6.09 Å². The lowest BCUT2D eigenvalue weighted by Crippen LogP contribution is -2.24. The Morgan fingerprint density at radius 3 is 2.95 bits per heavy atom. The number of hydrogen-bond acceptors (Lipinski definition) is 5. The molecule has 3 rings (SSSR count). The number of hydrogen-bond donors (Lipinski definition) is 1. The molecule has 1 aliphatic heterocycles. The van der Waals surface area contributed by atoms with Crippen molar-refractivity contribution in [3.63, 3.8) is 0 Å². The van der Waals surface area contributed by atoms with E-state index in [-0.39, 0.29) is 12.1 Å². The van der Waals surface area contributed by atoms with E-state index < -0.39 is 0 Å². The van der Waals surface area contributed by atoms with Crippen molar-refractivity contribution in [3.8, 4) is 0 Å². The lowest BCUT2D eigenvalue weighted by atomic mass is 10.1. The molecule has 116 valence electrons. The van der Waals surface area contributed by atoms with Gasteiger partial charge < -0.3 is 14.6 Å². The number of anilines is 1. The molecular weight excluding hydrogens is 282 g/mol. The van der Waals surface area contributed by atoms with Crippen LogP contribution in [0.1, 0.15) is 30.0 Å². The smallest absolute Gasteiger partial charge is 0.414 e. The fourth-order valence-corrected chi connectivity index (χ4v) is 2.47. The molecule has 1 aromatic heterocycles. The van der Waals surface area contributed by atoms with Crippen molar-refractivity contribution >= 4 is 11.8 Å². The molecule has 0 aliphatic carbocycles. The predicted molar refractivity (Wildman–Crippen MR) is 81.6 cm³/mol. The molecule has 1 saturated heterocycles. The molecule has 0 unspecified atom stereocenters. The summed E-state index contributed by atoms with van der Waals surface area (Å²) in [6.45, 7) is 5.63. The summed E-state index contributed by atoms with van der Waals surface area (Å²) < 4.78 is 10.0. The molecule has 1 N–H and O–H groups in total. The number of carbonyl (C=O) groups excluding carboxylic acids is 1. The van der Waals surface area contributed by atoms with Gasteiger partial charge in [0.05, 0.1) is 12.2 Å². The number of carbonyl (C=O) groups is 1. The fraction of sp³-hybridized carbons (Fsp3) is 0.375. The molecule has 1 fully saturated rings. The summed E-state index contributed by atoms with van der Waals surface area (Å²) in [7, 11) is 0. The van der Waals surface area contributed by atoms with Gasteiger partial charge in [0.2, 0.25) is 0 Å². The molecule has 1 aromatic carbocycles. The van der Waals surface area contributed by atoms with Crippen LogP contribution in [0, 0.1) is 6.92 Å². The van der Waals surface area contributed by atoms with E-state index >= 15 is 0 Å². The van der Waals surface area contributed by atoms with Gasteiger partial charge in [-0.15, -0.1) is 0 Å². The molecule has 0 spiro atoms. The maximum absolute atomic E-state index is 11.6. The zero-order valence-electron chi connectivity index (χ0n) is 12.7. The topological polar surface area (TPSA) is 67.6 Å². The Hall–Kier alpha value is -2.34. The maximum Gasteiger partial charge on any atom is 0.414 e. The van der Waals surface area contributed by atoms with Crippen molar-refractivity contribution in [2.45, 2.75) is 26.4 Å². The third-order valence-corrected chi connectivity index (χ3v) is 3.71. The van der Waals surface area contributed by atoms with Crippen molar-refractivity contribution in [3.05, 3.63) is 47.3 Å². The fourth-order valence-electron chi connectivity index (χ4n) is 2.47. The Bertz CT molecular complexity index is 668. The molecule has 1 amide bonds. The normalized spacial score (nSPS) is 15.9. The van der Waals surface area contributed by atoms with E-state index in [0.717, 1.165) is 22.7 Å². The van der Waals surface area contributed by atoms with Crippen LogP contribution in [0.3, 0.4) is 0 Å². The molecule has 1 atom stereocenters. The molecular formula is C16H19N3O3. The van der Waals surface area contributed by atoms with Crippen LogP contribution >= 0.6 is 0 Å². The number of nitrogens with one attached hydrogen (secondary N) is 1. The van der Waals surface area contributed by atoms with Gasteiger partial charge in [-0.05, 0) is 31.5 Å². The highest BCUT2D eigenvalue weighted by Gasteiger charge is 2.23. The van der Waals surface area contributed by atoms with Crippen LogP contribution in [0.25, 0.3) is 0 Å². The Balaban J connectivity index is 1.67. The van der Waals surface area contributed by atoms with Gasteiger partial charge in [0, 0.05) is 24.3 Å². The monoisotopic (exact) mass is 301 g/mol. The lowest BCUT2D eigenvalue weighted by molar-refractivity contribution is 0.181. The van der Waals surface area contributed by atoms with Gasteiger partial charge in [0.25, 0.3) is 0 Å². The van der Waals surface area contributed by atoms with Gasteiger partial charge in [-0.3, -0.25) is 4.90 Å². The molecule has 0 radical (unpaired) electrons. The van der Waals surface area contributed by atoms with Crippen LogP contribution in [-0.4, -0.2) is 24.4 Å². The Morgan fingerprint density at radius 1 is 1.41 bits per heavy atom. The standard InChI is InChI=1S/C16H19N3O3/c1-11-8-14(18-22-11)10-17-12(2)13-4-3-5-15(9-13)19-6-7-21-16(19)20/h3-5,8-9,12,17H,6-7,10H2,1-2H3/t12-/m0/s1. The number of nitrogens with zero attached hydrogens (tertiary/aromatic N) is 2. The summed E-state index contributed by atoms with van der Waals surface area (Å²) in [6, 6.07) is 9.97. The Labute approximate surface area is 129 Å². The zero-order valence-corrected chi connectivity index (χ0v) is 12.7. The van der Waals surface area contributed by atoms with Gasteiger partial charge in [-0.25, -0.2) is 4.79 Å². The number of amides is 1. The van der Waals surface area contributed by atoms with E-state index in [0.29, 0.717) is 19.7 Å². The average molecular weight is 301 g/mol. The van der Waals surface area contributed by atoms with E-state index in [1.807, 2.05) is 37.3 Å². The molecule has 22 heavy (non-hydrogen) atoms. The summed E-state index contributed by atoms with van der Waals surface area (Å²) in [5.41, 5.74) is 2.85. The van der Waals surface area contributed by atoms with Gasteiger partial charge in [-0.2, -0.15) is 0 Å². The lowest BCUT2D eigenvalue weighted by Gasteiger charge is -2.17. The van der Waals surface area contributed by atoms with Gasteiger partial charge in [0.15, 0.2) is 0 Å². The predicted octanol–water partition coefficient (Wildman–Crippen LogP) is 2.79. The third kappa shape index (κ3) is 3.12. The first-order chi connectivity index (χ1) is 10.6. The number of rotatable bonds is 5. The molecule has 6 heteroatoms. The van der Waals surface area contributed by atoms with Crippen LogP contribution in [0.15, 0.2) is 34.9 Å². The highest BCUT2D eigenvalue weighted by atomic mass is 16.6. The van der Waals surface area contributed by atoms with Crippen molar-refractivity contribution in [1.29, 1.82) is 0 Å². The van der Waals surface area contributed by atoms with E-state index in [1.54, 1.807) is 4.90 Å². The Kier molecular flexibility index (Phi) is 4.11. The first-order valence-electron chi connectivity index (χ1n) is 7.33. The van der Waals surface area contributed by atoms with Crippen molar-refractivity contribution in [2.75, 3.05) is 18.1 Å². The SMILES string of the molecule is Cc1cc(CN[C@@H](C)c2cccc(N3CCOC3=O)c2)no1. The minimum Gasteiger partial charge on any atom is -0.447 e. The summed E-state index contributed by atoms with van der Waals surface area (Å²) in [4.78, 5) is 13.3. The average Bonchev–Trinajstić information content (AvgIpc) is 3.13. The van der Waals surface area contributed by atoms with Crippen LogP contribution in [0.2, 0.25) is 0 Å². The molecule has 1 aliphatic rings. The minimum atomic E-state index is -0.282. The number of benzene rings is 1. The van der Waals surface area contributed by atoms with Gasteiger partial charge in [-0.1, -0.05) is 17.3 Å². The highest BCUT2D eigenvalue weighted by molar-refractivity contribution is 5.89. The van der Waals surface area contributed by atoms with Crippen molar-refractivity contribution < 1.29 is 14.1 Å². The van der Waals surface area contributed by atoms with E-state index in [9.17, 15) is 4.79 Å². The number of aromatic nitrogens is 1. The molecule has 2 aromatic rings. The number of cyclic esters (lactones) is 1. The van der Waals surface area contributed by atoms with E-state index in [1.165, 1.54) is 0 Å². The Morgan fingerprint density at radius 2 is 2.27 bits per heavy atom. The van der Waals surface area contributed by atoms with E-state index in [4.69, 9.17) is 9.26 Å². The second-order valence-corrected chi connectivity index (χ2v) is 5.39. The zero-order chi connectivity index (χ0) is 15.5. The largest absolute Gasteiger partial charge is 0.447 e. The van der Waals surface area contributed by atoms with Crippen molar-refractivity contribution in [2.24, 2.45) is 0 Å². The number of aryl methyl sites for hydroxylation is 1. The quantitative estimate of drug-likeness (QED) is 0.919. The first kappa shape index (κ1) is 14.6. The van der Waals surface area contributed by atoms with Crippen LogP contribution in [0.4, 0.5) is 10.5 Å². The van der Waals surface area contributed by atoms with Crippen LogP contribution in [-0.2, 0) is 11.3 Å². The third-order valence-electron chi connectivity index (χ3n) is 3.71. The summed E-state index contributed by atoms with van der Waals surface area (Å²) in [5, 5.41) is 7.37. The second kappa shape index (κ2) is 6.19. The summed E-state index contributed by atoms with van der Waals surface area (Å²) >= 11 is 0. The molecule has 0 saturated carbocycles. The maximum atomic E-state index is 11.6. The van der Waals surface area contributed by atoms with Crippen molar-refractivity contribution in [1.82, 2.24) is 10.5 Å². The minimum absolute atomic E-state index is 0.135.